The van der Waals surface area contributed by atoms with Crippen molar-refractivity contribution in [2.75, 3.05) is 14.2 Å². The molecule has 1 N–H and O–H groups in total. The van der Waals surface area contributed by atoms with Crippen molar-refractivity contribution in [3.05, 3.63) is 60.2 Å². The van der Waals surface area contributed by atoms with Gasteiger partial charge in [0.1, 0.15) is 5.75 Å². The predicted octanol–water partition coefficient (Wildman–Crippen LogP) is 3.42. The van der Waals surface area contributed by atoms with E-state index in [9.17, 15) is 13.2 Å². The molecule has 0 radical (unpaired) electrons. The molecule has 0 unspecified atom stereocenters. The molecule has 0 fully saturated rings. The van der Waals surface area contributed by atoms with Crippen LogP contribution in [-0.2, 0) is 10.0 Å². The fraction of sp³-hybridized carbons (Fsp3) is 0.227. The summed E-state index contributed by atoms with van der Waals surface area (Å²) in [7, 11) is -1.03. The van der Waals surface area contributed by atoms with Crippen LogP contribution in [-0.4, -0.2) is 43.8 Å². The number of methoxy groups -OCH3 is 2. The molecule has 0 saturated carbocycles. The van der Waals surface area contributed by atoms with Crippen LogP contribution in [0.5, 0.6) is 23.5 Å². The van der Waals surface area contributed by atoms with Gasteiger partial charge < -0.3 is 14.2 Å². The van der Waals surface area contributed by atoms with Gasteiger partial charge in [0.05, 0.1) is 31.1 Å². The number of carbonyl (C=O) groups excluding carboxylic acids is 1. The molecule has 0 bridgehead atoms. The zero-order chi connectivity index (χ0) is 23.3. The summed E-state index contributed by atoms with van der Waals surface area (Å²) in [6.07, 6.45) is 0. The highest BCUT2D eigenvalue weighted by atomic mass is 32.2. The number of sulfonamides is 1. The minimum absolute atomic E-state index is 0.0216. The number of hydrogen-bond acceptors (Lipinski definition) is 8. The van der Waals surface area contributed by atoms with E-state index in [1.165, 1.54) is 40.2 Å². The molecule has 1 amide bonds. The minimum Gasteiger partial charge on any atom is -0.481 e. The first-order valence-corrected chi connectivity index (χ1v) is 11.2. The number of aromatic nitrogens is 2. The molecule has 0 spiro atoms. The van der Waals surface area contributed by atoms with Crippen LogP contribution in [0.4, 0.5) is 0 Å². The Labute approximate surface area is 186 Å². The molecule has 1 heterocycles. The lowest BCUT2D eigenvalue weighted by atomic mass is 9.98. The third kappa shape index (κ3) is 5.14. The largest absolute Gasteiger partial charge is 0.481 e. The Morgan fingerprint density at radius 2 is 1.56 bits per heavy atom. The second-order valence-corrected chi connectivity index (χ2v) is 9.14. The average Bonchev–Trinajstić information content (AvgIpc) is 2.78. The number of ether oxygens (including phenoxy) is 3. The van der Waals surface area contributed by atoms with Gasteiger partial charge in [-0.25, -0.2) is 13.1 Å². The molecule has 9 nitrogen and oxygen atoms in total. The van der Waals surface area contributed by atoms with Crippen molar-refractivity contribution in [3.63, 3.8) is 0 Å². The molecule has 0 aliphatic carbocycles. The normalized spacial score (nSPS) is 11.2. The van der Waals surface area contributed by atoms with Gasteiger partial charge in [0.2, 0.25) is 21.8 Å². The van der Waals surface area contributed by atoms with E-state index >= 15 is 0 Å². The maximum atomic E-state index is 13.2. The molecule has 32 heavy (non-hydrogen) atoms. The second-order valence-electron chi connectivity index (χ2n) is 6.91. The van der Waals surface area contributed by atoms with Gasteiger partial charge in [0, 0.05) is 0 Å². The summed E-state index contributed by atoms with van der Waals surface area (Å²) in [5, 5.41) is -0.800. The van der Waals surface area contributed by atoms with E-state index in [0.29, 0.717) is 11.1 Å². The molecular weight excluding hydrogens is 434 g/mol. The van der Waals surface area contributed by atoms with Crippen molar-refractivity contribution in [2.45, 2.75) is 19.1 Å². The Morgan fingerprint density at radius 3 is 2.12 bits per heavy atom. The van der Waals surface area contributed by atoms with Crippen LogP contribution in [0.1, 0.15) is 24.2 Å². The van der Waals surface area contributed by atoms with E-state index in [-0.39, 0.29) is 29.1 Å². The van der Waals surface area contributed by atoms with E-state index in [0.717, 1.165) is 0 Å². The highest BCUT2D eigenvalue weighted by molar-refractivity contribution is 7.90. The lowest BCUT2D eigenvalue weighted by Gasteiger charge is -2.16. The summed E-state index contributed by atoms with van der Waals surface area (Å²) in [4.78, 5) is 21.4. The SMILES string of the molecule is COc1cc(OC)nc(Oc2cccc(-c3ccccc3)c2C(=O)NS(=O)(=O)C(C)C)n1. The van der Waals surface area contributed by atoms with Crippen LogP contribution < -0.4 is 18.9 Å². The molecule has 0 aliphatic heterocycles. The van der Waals surface area contributed by atoms with Crippen molar-refractivity contribution < 1.29 is 27.4 Å². The Kier molecular flexibility index (Phi) is 6.94. The molecule has 0 aliphatic rings. The van der Waals surface area contributed by atoms with Gasteiger partial charge in [-0.2, -0.15) is 9.97 Å². The number of rotatable bonds is 8. The number of carbonyl (C=O) groups is 1. The van der Waals surface area contributed by atoms with Gasteiger partial charge in [-0.05, 0) is 31.0 Å². The first-order valence-electron chi connectivity index (χ1n) is 9.64. The van der Waals surface area contributed by atoms with Crippen molar-refractivity contribution >= 4 is 15.9 Å². The Balaban J connectivity index is 2.13. The van der Waals surface area contributed by atoms with Gasteiger partial charge >= 0.3 is 6.01 Å². The van der Waals surface area contributed by atoms with E-state index in [4.69, 9.17) is 14.2 Å². The van der Waals surface area contributed by atoms with Gasteiger partial charge in [-0.1, -0.05) is 42.5 Å². The van der Waals surface area contributed by atoms with Crippen LogP contribution in [0.2, 0.25) is 0 Å². The topological polar surface area (TPSA) is 117 Å². The first kappa shape index (κ1) is 23.0. The van der Waals surface area contributed by atoms with E-state index in [2.05, 4.69) is 14.7 Å². The van der Waals surface area contributed by atoms with Crippen LogP contribution in [0.3, 0.4) is 0 Å². The monoisotopic (exact) mass is 457 g/mol. The molecule has 3 aromatic rings. The van der Waals surface area contributed by atoms with Crippen LogP contribution in [0, 0.1) is 0 Å². The molecule has 10 heteroatoms. The maximum Gasteiger partial charge on any atom is 0.328 e. The van der Waals surface area contributed by atoms with Crippen molar-refractivity contribution in [1.29, 1.82) is 0 Å². The molecule has 0 atom stereocenters. The first-order chi connectivity index (χ1) is 15.2. The lowest BCUT2D eigenvalue weighted by molar-refractivity contribution is 0.0979. The minimum atomic E-state index is -3.88. The highest BCUT2D eigenvalue weighted by Crippen LogP contribution is 2.34. The number of nitrogens with zero attached hydrogens (tertiary/aromatic N) is 2. The van der Waals surface area contributed by atoms with Gasteiger partial charge in [-0.15, -0.1) is 0 Å². The molecule has 3 rings (SSSR count). The van der Waals surface area contributed by atoms with Crippen LogP contribution in [0.15, 0.2) is 54.6 Å². The standard InChI is InChI=1S/C22H23N3O6S/c1-14(2)32(27,28)25-21(26)20-16(15-9-6-5-7-10-15)11-8-12-17(20)31-22-23-18(29-3)13-19(24-22)30-4/h5-14H,1-4H3,(H,25,26). The maximum absolute atomic E-state index is 13.2. The van der Waals surface area contributed by atoms with Crippen molar-refractivity contribution in [1.82, 2.24) is 14.7 Å². The highest BCUT2D eigenvalue weighted by Gasteiger charge is 2.26. The third-order valence-corrected chi connectivity index (χ3v) is 6.18. The fourth-order valence-corrected chi connectivity index (χ4v) is 3.34. The second kappa shape index (κ2) is 9.65. The zero-order valence-electron chi connectivity index (χ0n) is 18.0. The third-order valence-electron chi connectivity index (χ3n) is 4.47. The summed E-state index contributed by atoms with van der Waals surface area (Å²) < 4.78 is 42.9. The van der Waals surface area contributed by atoms with Gasteiger partial charge in [0.15, 0.2) is 0 Å². The fourth-order valence-electron chi connectivity index (χ4n) is 2.74. The zero-order valence-corrected chi connectivity index (χ0v) is 18.8. The molecule has 1 aromatic heterocycles. The molecule has 0 saturated heterocycles. The number of benzene rings is 2. The van der Waals surface area contributed by atoms with E-state index in [1.807, 2.05) is 18.2 Å². The lowest BCUT2D eigenvalue weighted by Crippen LogP contribution is -2.36. The summed E-state index contributed by atoms with van der Waals surface area (Å²) in [6, 6.07) is 15.3. The number of nitrogens with one attached hydrogen (secondary N) is 1. The van der Waals surface area contributed by atoms with E-state index < -0.39 is 21.2 Å². The smallest absolute Gasteiger partial charge is 0.328 e. The number of hydrogen-bond donors (Lipinski definition) is 1. The summed E-state index contributed by atoms with van der Waals surface area (Å²) in [6.45, 7) is 2.96. The van der Waals surface area contributed by atoms with Crippen LogP contribution >= 0.6 is 0 Å². The average molecular weight is 458 g/mol. The van der Waals surface area contributed by atoms with Gasteiger partial charge in [0.25, 0.3) is 5.91 Å². The molecule has 168 valence electrons. The van der Waals surface area contributed by atoms with Crippen molar-refractivity contribution in [2.24, 2.45) is 0 Å². The quantitative estimate of drug-likeness (QED) is 0.547. The Bertz CT molecular complexity index is 1190. The Morgan fingerprint density at radius 1 is 0.938 bits per heavy atom. The van der Waals surface area contributed by atoms with Crippen LogP contribution in [0.25, 0.3) is 11.1 Å². The predicted molar refractivity (Wildman–Crippen MR) is 119 cm³/mol. The number of amides is 1. The molecular formula is C22H23N3O6S. The summed E-state index contributed by atoms with van der Waals surface area (Å²) in [5.41, 5.74) is 1.21. The Hall–Kier alpha value is -3.66. The summed E-state index contributed by atoms with van der Waals surface area (Å²) in [5.74, 6) is -0.375. The van der Waals surface area contributed by atoms with Crippen molar-refractivity contribution in [3.8, 4) is 34.6 Å². The van der Waals surface area contributed by atoms with Gasteiger partial charge in [-0.3, -0.25) is 4.79 Å². The summed E-state index contributed by atoms with van der Waals surface area (Å²) >= 11 is 0. The molecule has 2 aromatic carbocycles. The van der Waals surface area contributed by atoms with E-state index in [1.54, 1.807) is 24.3 Å².